The SMILES string of the molecule is Cc1ncc(F)cc1NC(=O)/C=C/c1ccc2c(C)[nH]nc2c1. The van der Waals surface area contributed by atoms with E-state index >= 15 is 0 Å². The Labute approximate surface area is 132 Å². The molecule has 0 aliphatic rings. The van der Waals surface area contributed by atoms with E-state index in [0.717, 1.165) is 28.4 Å². The van der Waals surface area contributed by atoms with Crippen molar-refractivity contribution < 1.29 is 9.18 Å². The lowest BCUT2D eigenvalue weighted by Gasteiger charge is -2.05. The highest BCUT2D eigenvalue weighted by Crippen LogP contribution is 2.18. The summed E-state index contributed by atoms with van der Waals surface area (Å²) in [4.78, 5) is 15.8. The Morgan fingerprint density at radius 2 is 2.13 bits per heavy atom. The van der Waals surface area contributed by atoms with E-state index in [-0.39, 0.29) is 5.91 Å². The topological polar surface area (TPSA) is 70.7 Å². The molecule has 0 fully saturated rings. The maximum atomic E-state index is 13.2. The number of nitrogens with one attached hydrogen (secondary N) is 2. The molecule has 0 aliphatic carbocycles. The highest BCUT2D eigenvalue weighted by molar-refractivity contribution is 6.02. The van der Waals surface area contributed by atoms with Crippen molar-refractivity contribution in [3.8, 4) is 0 Å². The molecular weight excluding hydrogens is 295 g/mol. The summed E-state index contributed by atoms with van der Waals surface area (Å²) < 4.78 is 13.2. The molecule has 0 aliphatic heterocycles. The maximum absolute atomic E-state index is 13.2. The Hall–Kier alpha value is -3.02. The molecule has 0 radical (unpaired) electrons. The fraction of sp³-hybridized carbons (Fsp3) is 0.118. The van der Waals surface area contributed by atoms with Gasteiger partial charge >= 0.3 is 0 Å². The van der Waals surface area contributed by atoms with E-state index in [1.54, 1.807) is 13.0 Å². The van der Waals surface area contributed by atoms with E-state index in [1.165, 1.54) is 12.1 Å². The number of hydrogen-bond donors (Lipinski definition) is 2. The van der Waals surface area contributed by atoms with Gasteiger partial charge in [0.05, 0.1) is 23.1 Å². The molecular formula is C17H15FN4O. The summed E-state index contributed by atoms with van der Waals surface area (Å²) in [6.45, 7) is 3.65. The number of halogens is 1. The van der Waals surface area contributed by atoms with Crippen LogP contribution >= 0.6 is 0 Å². The predicted octanol–water partition coefficient (Wildman–Crippen LogP) is 3.37. The molecule has 0 bridgehead atoms. The molecule has 5 nitrogen and oxygen atoms in total. The van der Waals surface area contributed by atoms with Crippen LogP contribution in [0.2, 0.25) is 0 Å². The monoisotopic (exact) mass is 310 g/mol. The van der Waals surface area contributed by atoms with Gasteiger partial charge in [0, 0.05) is 23.2 Å². The van der Waals surface area contributed by atoms with Gasteiger partial charge in [0.1, 0.15) is 5.82 Å². The molecule has 3 aromatic rings. The number of hydrogen-bond acceptors (Lipinski definition) is 3. The minimum absolute atomic E-state index is 0.348. The first-order chi connectivity index (χ1) is 11.0. The summed E-state index contributed by atoms with van der Waals surface area (Å²) >= 11 is 0. The number of carbonyl (C=O) groups is 1. The van der Waals surface area contributed by atoms with Gasteiger partial charge in [0.2, 0.25) is 5.91 Å². The normalized spacial score (nSPS) is 11.3. The first kappa shape index (κ1) is 14.9. The number of aromatic amines is 1. The van der Waals surface area contributed by atoms with Crippen LogP contribution in [0, 0.1) is 19.7 Å². The number of H-pyrrole nitrogens is 1. The Balaban J connectivity index is 1.75. The third kappa shape index (κ3) is 3.26. The summed E-state index contributed by atoms with van der Waals surface area (Å²) in [7, 11) is 0. The third-order valence-electron chi connectivity index (χ3n) is 3.51. The van der Waals surface area contributed by atoms with Gasteiger partial charge in [-0.05, 0) is 31.6 Å². The number of nitrogens with zero attached hydrogens (tertiary/aromatic N) is 2. The molecule has 1 aromatic carbocycles. The zero-order valence-corrected chi connectivity index (χ0v) is 12.7. The van der Waals surface area contributed by atoms with Gasteiger partial charge in [0.25, 0.3) is 0 Å². The zero-order chi connectivity index (χ0) is 16.4. The Bertz CT molecular complexity index is 914. The molecule has 3 rings (SSSR count). The number of rotatable bonds is 3. The van der Waals surface area contributed by atoms with Crippen LogP contribution in [0.15, 0.2) is 36.5 Å². The van der Waals surface area contributed by atoms with Crippen molar-refractivity contribution in [2.75, 3.05) is 5.32 Å². The van der Waals surface area contributed by atoms with E-state index < -0.39 is 5.82 Å². The van der Waals surface area contributed by atoms with Gasteiger partial charge in [-0.15, -0.1) is 0 Å². The van der Waals surface area contributed by atoms with Crippen molar-refractivity contribution in [1.29, 1.82) is 0 Å². The smallest absolute Gasteiger partial charge is 0.248 e. The van der Waals surface area contributed by atoms with E-state index in [2.05, 4.69) is 20.5 Å². The van der Waals surface area contributed by atoms with E-state index in [0.29, 0.717) is 11.4 Å². The van der Waals surface area contributed by atoms with Crippen LogP contribution in [0.4, 0.5) is 10.1 Å². The molecule has 2 heterocycles. The second-order valence-electron chi connectivity index (χ2n) is 5.23. The summed E-state index contributed by atoms with van der Waals surface area (Å²) in [5.74, 6) is -0.840. The van der Waals surface area contributed by atoms with Crippen LogP contribution in [-0.4, -0.2) is 21.1 Å². The molecule has 116 valence electrons. The van der Waals surface area contributed by atoms with Gasteiger partial charge < -0.3 is 5.32 Å². The molecule has 6 heteroatoms. The number of benzene rings is 1. The average molecular weight is 310 g/mol. The standard InChI is InChI=1S/C17H15FN4O/c1-10-14-5-3-12(7-16(14)22-21-10)4-6-17(23)20-15-8-13(18)9-19-11(15)2/h3-9H,1-2H3,(H,20,23)(H,21,22)/b6-4+. The molecule has 2 aromatic heterocycles. The second-order valence-corrected chi connectivity index (χ2v) is 5.23. The number of anilines is 1. The number of aryl methyl sites for hydroxylation is 2. The zero-order valence-electron chi connectivity index (χ0n) is 12.7. The third-order valence-corrected chi connectivity index (χ3v) is 3.51. The molecule has 0 spiro atoms. The number of amides is 1. The summed E-state index contributed by atoms with van der Waals surface area (Å²) in [6.07, 6.45) is 4.19. The maximum Gasteiger partial charge on any atom is 0.248 e. The molecule has 0 saturated heterocycles. The summed E-state index contributed by atoms with van der Waals surface area (Å²) in [6, 6.07) is 6.99. The lowest BCUT2D eigenvalue weighted by molar-refractivity contribution is -0.111. The first-order valence-corrected chi connectivity index (χ1v) is 7.09. The number of pyridine rings is 1. The van der Waals surface area contributed by atoms with Crippen molar-refractivity contribution in [2.45, 2.75) is 13.8 Å². The average Bonchev–Trinajstić information content (AvgIpc) is 2.90. The van der Waals surface area contributed by atoms with Gasteiger partial charge in [-0.2, -0.15) is 5.10 Å². The van der Waals surface area contributed by atoms with Crippen molar-refractivity contribution in [3.05, 3.63) is 59.3 Å². The Morgan fingerprint density at radius 3 is 2.96 bits per heavy atom. The summed E-state index contributed by atoms with van der Waals surface area (Å²) in [5.41, 5.74) is 3.62. The van der Waals surface area contributed by atoms with Crippen LogP contribution in [0.5, 0.6) is 0 Å². The van der Waals surface area contributed by atoms with Crippen LogP contribution in [0.25, 0.3) is 17.0 Å². The molecule has 2 N–H and O–H groups in total. The summed E-state index contributed by atoms with van der Waals surface area (Å²) in [5, 5.41) is 10.8. The Kier molecular flexibility index (Phi) is 3.89. The number of carbonyl (C=O) groups excluding carboxylic acids is 1. The quantitative estimate of drug-likeness (QED) is 0.729. The van der Waals surface area contributed by atoms with Gasteiger partial charge in [-0.25, -0.2) is 4.39 Å². The van der Waals surface area contributed by atoms with Crippen molar-refractivity contribution in [3.63, 3.8) is 0 Å². The highest BCUT2D eigenvalue weighted by atomic mass is 19.1. The van der Waals surface area contributed by atoms with E-state index in [1.807, 2.05) is 25.1 Å². The van der Waals surface area contributed by atoms with Crippen LogP contribution in [0.1, 0.15) is 17.0 Å². The van der Waals surface area contributed by atoms with Crippen LogP contribution in [0.3, 0.4) is 0 Å². The molecule has 0 atom stereocenters. The lowest BCUT2D eigenvalue weighted by Crippen LogP contribution is -2.09. The second kappa shape index (κ2) is 6.00. The molecule has 0 unspecified atom stereocenters. The van der Waals surface area contributed by atoms with Gasteiger partial charge in [0.15, 0.2) is 0 Å². The van der Waals surface area contributed by atoms with Gasteiger partial charge in [-0.3, -0.25) is 14.9 Å². The van der Waals surface area contributed by atoms with Crippen molar-refractivity contribution >= 4 is 28.6 Å². The first-order valence-electron chi connectivity index (χ1n) is 7.09. The Morgan fingerprint density at radius 1 is 1.30 bits per heavy atom. The fourth-order valence-electron chi connectivity index (χ4n) is 2.25. The largest absolute Gasteiger partial charge is 0.321 e. The highest BCUT2D eigenvalue weighted by Gasteiger charge is 2.05. The minimum Gasteiger partial charge on any atom is -0.321 e. The molecule has 23 heavy (non-hydrogen) atoms. The van der Waals surface area contributed by atoms with Crippen LogP contribution in [-0.2, 0) is 4.79 Å². The number of fused-ring (bicyclic) bond motifs is 1. The minimum atomic E-state index is -0.491. The fourth-order valence-corrected chi connectivity index (χ4v) is 2.25. The molecule has 0 saturated carbocycles. The van der Waals surface area contributed by atoms with E-state index in [4.69, 9.17) is 0 Å². The predicted molar refractivity (Wildman–Crippen MR) is 87.4 cm³/mol. The van der Waals surface area contributed by atoms with Crippen molar-refractivity contribution in [1.82, 2.24) is 15.2 Å². The van der Waals surface area contributed by atoms with Gasteiger partial charge in [-0.1, -0.05) is 12.1 Å². The lowest BCUT2D eigenvalue weighted by atomic mass is 10.1. The molecule has 1 amide bonds. The van der Waals surface area contributed by atoms with E-state index in [9.17, 15) is 9.18 Å². The van der Waals surface area contributed by atoms with Crippen LogP contribution < -0.4 is 5.32 Å². The number of aromatic nitrogens is 3. The van der Waals surface area contributed by atoms with Crippen molar-refractivity contribution in [2.24, 2.45) is 0 Å².